The number of likely N-dealkylation sites (tertiary alicyclic amines) is 1. The fourth-order valence-corrected chi connectivity index (χ4v) is 3.53. The van der Waals surface area contributed by atoms with Crippen LogP contribution in [-0.2, 0) is 14.3 Å². The fourth-order valence-electron chi connectivity index (χ4n) is 3.53. The summed E-state index contributed by atoms with van der Waals surface area (Å²) in [5, 5.41) is 0. The summed E-state index contributed by atoms with van der Waals surface area (Å²) in [4.78, 5) is 14.2. The predicted octanol–water partition coefficient (Wildman–Crippen LogP) is 1.53. The molecule has 3 rings (SSSR count). The second-order valence-electron chi connectivity index (χ2n) is 6.18. The molecule has 0 aromatic carbocycles. The van der Waals surface area contributed by atoms with Gasteiger partial charge in [0, 0.05) is 32.5 Å². The van der Waals surface area contributed by atoms with E-state index in [2.05, 4.69) is 0 Å². The third kappa shape index (κ3) is 2.50. The van der Waals surface area contributed by atoms with Crippen molar-refractivity contribution in [1.82, 2.24) is 4.90 Å². The minimum atomic E-state index is -0.770. The number of hydrogen-bond donors (Lipinski definition) is 0. The molecule has 1 amide bonds. The monoisotopic (exact) mass is 271 g/mol. The van der Waals surface area contributed by atoms with Crippen LogP contribution in [0.4, 0.5) is 4.39 Å². The van der Waals surface area contributed by atoms with Crippen molar-refractivity contribution in [2.75, 3.05) is 26.8 Å². The van der Waals surface area contributed by atoms with E-state index in [1.54, 1.807) is 7.11 Å². The molecule has 0 aromatic rings. The quantitative estimate of drug-likeness (QED) is 0.764. The number of methoxy groups -OCH3 is 1. The molecule has 0 bridgehead atoms. The molecule has 19 heavy (non-hydrogen) atoms. The van der Waals surface area contributed by atoms with E-state index in [-0.39, 0.29) is 23.5 Å². The topological polar surface area (TPSA) is 38.8 Å². The van der Waals surface area contributed by atoms with Gasteiger partial charge in [0.1, 0.15) is 6.17 Å². The predicted molar refractivity (Wildman–Crippen MR) is 67.5 cm³/mol. The van der Waals surface area contributed by atoms with Gasteiger partial charge in [-0.15, -0.1) is 0 Å². The van der Waals surface area contributed by atoms with E-state index < -0.39 is 6.17 Å². The molecule has 2 saturated heterocycles. The van der Waals surface area contributed by atoms with Crippen molar-refractivity contribution >= 4 is 5.91 Å². The largest absolute Gasteiger partial charge is 0.379 e. The van der Waals surface area contributed by atoms with Gasteiger partial charge in [-0.1, -0.05) is 0 Å². The highest BCUT2D eigenvalue weighted by molar-refractivity contribution is 5.80. The molecule has 108 valence electrons. The SMILES string of the molecule is CO[C@@H]1CO[C@]2(CCCN(C(=O)C3CC(F)C3)C2)C1. The Kier molecular flexibility index (Phi) is 3.52. The van der Waals surface area contributed by atoms with E-state index in [0.717, 1.165) is 25.8 Å². The average Bonchev–Trinajstić information content (AvgIpc) is 2.77. The first-order chi connectivity index (χ1) is 9.12. The molecule has 0 N–H and O–H groups in total. The van der Waals surface area contributed by atoms with Gasteiger partial charge in [-0.2, -0.15) is 0 Å². The Balaban J connectivity index is 1.60. The van der Waals surface area contributed by atoms with E-state index in [0.29, 0.717) is 26.0 Å². The van der Waals surface area contributed by atoms with Gasteiger partial charge < -0.3 is 14.4 Å². The van der Waals surface area contributed by atoms with E-state index in [1.165, 1.54) is 0 Å². The van der Waals surface area contributed by atoms with Crippen LogP contribution in [0.3, 0.4) is 0 Å². The zero-order valence-electron chi connectivity index (χ0n) is 11.4. The fraction of sp³-hybridized carbons (Fsp3) is 0.929. The summed E-state index contributed by atoms with van der Waals surface area (Å²) in [5.41, 5.74) is -0.215. The number of carbonyl (C=O) groups excluding carboxylic acids is 1. The normalized spacial score (nSPS) is 42.4. The van der Waals surface area contributed by atoms with Gasteiger partial charge in [0.05, 0.1) is 18.3 Å². The summed E-state index contributed by atoms with van der Waals surface area (Å²) < 4.78 is 24.1. The summed E-state index contributed by atoms with van der Waals surface area (Å²) in [6.45, 7) is 2.06. The zero-order valence-corrected chi connectivity index (χ0v) is 11.4. The van der Waals surface area contributed by atoms with Gasteiger partial charge in [0.25, 0.3) is 0 Å². The van der Waals surface area contributed by atoms with Crippen LogP contribution >= 0.6 is 0 Å². The highest BCUT2D eigenvalue weighted by Crippen LogP contribution is 2.38. The molecule has 1 aliphatic carbocycles. The number of ether oxygens (including phenoxy) is 2. The first kappa shape index (κ1) is 13.3. The highest BCUT2D eigenvalue weighted by Gasteiger charge is 2.46. The van der Waals surface area contributed by atoms with Crippen LogP contribution in [-0.4, -0.2) is 55.5 Å². The van der Waals surface area contributed by atoms with Gasteiger partial charge in [0.2, 0.25) is 5.91 Å². The van der Waals surface area contributed by atoms with E-state index in [4.69, 9.17) is 9.47 Å². The molecular weight excluding hydrogens is 249 g/mol. The van der Waals surface area contributed by atoms with E-state index in [9.17, 15) is 9.18 Å². The first-order valence-electron chi connectivity index (χ1n) is 7.21. The lowest BCUT2D eigenvalue weighted by Crippen LogP contribution is -2.53. The third-order valence-electron chi connectivity index (χ3n) is 4.79. The second-order valence-corrected chi connectivity index (χ2v) is 6.18. The van der Waals surface area contributed by atoms with Crippen molar-refractivity contribution in [3.63, 3.8) is 0 Å². The van der Waals surface area contributed by atoms with Crippen LogP contribution in [0.25, 0.3) is 0 Å². The molecule has 3 fully saturated rings. The Bertz CT molecular complexity index is 359. The summed E-state index contributed by atoms with van der Waals surface area (Å²) in [6, 6.07) is 0. The lowest BCUT2D eigenvalue weighted by atomic mass is 9.81. The molecule has 0 radical (unpaired) electrons. The molecule has 3 aliphatic rings. The van der Waals surface area contributed by atoms with Gasteiger partial charge in [-0.3, -0.25) is 4.79 Å². The maximum atomic E-state index is 12.9. The molecule has 1 saturated carbocycles. The van der Waals surface area contributed by atoms with Gasteiger partial charge >= 0.3 is 0 Å². The third-order valence-corrected chi connectivity index (χ3v) is 4.79. The number of piperidine rings is 1. The standard InChI is InChI=1S/C14H22FNO3/c1-18-12-7-14(19-8-12)3-2-4-16(9-14)13(17)10-5-11(15)6-10/h10-12H,2-9H2,1H3/t10?,11?,12-,14+/m0/s1. The maximum Gasteiger partial charge on any atom is 0.225 e. The molecule has 0 aromatic heterocycles. The van der Waals surface area contributed by atoms with E-state index in [1.807, 2.05) is 4.90 Å². The molecule has 5 heteroatoms. The Labute approximate surface area is 113 Å². The number of amides is 1. The molecule has 0 unspecified atom stereocenters. The van der Waals surface area contributed by atoms with Crippen LogP contribution in [0.15, 0.2) is 0 Å². The van der Waals surface area contributed by atoms with Crippen molar-refractivity contribution in [2.45, 2.75) is 50.0 Å². The Morgan fingerprint density at radius 3 is 2.89 bits per heavy atom. The summed E-state index contributed by atoms with van der Waals surface area (Å²) in [6.07, 6.45) is 3.01. The molecule has 4 nitrogen and oxygen atoms in total. The van der Waals surface area contributed by atoms with Gasteiger partial charge in [-0.05, 0) is 25.7 Å². The first-order valence-corrected chi connectivity index (χ1v) is 7.21. The molecule has 2 aliphatic heterocycles. The maximum absolute atomic E-state index is 12.9. The van der Waals surface area contributed by atoms with Crippen LogP contribution in [0.1, 0.15) is 32.1 Å². The summed E-state index contributed by atoms with van der Waals surface area (Å²) >= 11 is 0. The smallest absolute Gasteiger partial charge is 0.225 e. The number of rotatable bonds is 2. The minimum absolute atomic E-state index is 0.0928. The van der Waals surface area contributed by atoms with Crippen molar-refractivity contribution in [3.8, 4) is 0 Å². The van der Waals surface area contributed by atoms with E-state index >= 15 is 0 Å². The molecular formula is C14H22FNO3. The summed E-state index contributed by atoms with van der Waals surface area (Å²) in [7, 11) is 1.70. The lowest BCUT2D eigenvalue weighted by molar-refractivity contribution is -0.148. The Morgan fingerprint density at radius 2 is 2.26 bits per heavy atom. The summed E-state index contributed by atoms with van der Waals surface area (Å²) in [5.74, 6) is 0.0298. The van der Waals surface area contributed by atoms with Gasteiger partial charge in [-0.25, -0.2) is 4.39 Å². The number of carbonyl (C=O) groups is 1. The second kappa shape index (κ2) is 5.02. The number of hydrogen-bond acceptors (Lipinski definition) is 3. The Morgan fingerprint density at radius 1 is 1.47 bits per heavy atom. The number of nitrogens with zero attached hydrogens (tertiary/aromatic N) is 1. The van der Waals surface area contributed by atoms with Crippen LogP contribution in [0.5, 0.6) is 0 Å². The van der Waals surface area contributed by atoms with Crippen LogP contribution in [0.2, 0.25) is 0 Å². The average molecular weight is 271 g/mol. The van der Waals surface area contributed by atoms with Crippen molar-refractivity contribution < 1.29 is 18.7 Å². The zero-order chi connectivity index (χ0) is 13.5. The minimum Gasteiger partial charge on any atom is -0.379 e. The van der Waals surface area contributed by atoms with Crippen molar-refractivity contribution in [2.24, 2.45) is 5.92 Å². The number of halogens is 1. The molecule has 1 spiro atoms. The lowest BCUT2D eigenvalue weighted by Gasteiger charge is -2.42. The molecule has 2 atom stereocenters. The van der Waals surface area contributed by atoms with Gasteiger partial charge in [0.15, 0.2) is 0 Å². The van der Waals surface area contributed by atoms with Crippen LogP contribution < -0.4 is 0 Å². The van der Waals surface area contributed by atoms with Crippen molar-refractivity contribution in [1.29, 1.82) is 0 Å². The van der Waals surface area contributed by atoms with Crippen LogP contribution in [0, 0.1) is 5.92 Å². The Hall–Kier alpha value is -0.680. The van der Waals surface area contributed by atoms with Crippen molar-refractivity contribution in [3.05, 3.63) is 0 Å². The number of alkyl halides is 1. The highest BCUT2D eigenvalue weighted by atomic mass is 19.1. The molecule has 2 heterocycles.